The maximum absolute atomic E-state index is 12.5. The number of carboxylic acids is 1. The van der Waals surface area contributed by atoms with Crippen molar-refractivity contribution in [2.45, 2.75) is 53.2 Å². The Bertz CT molecular complexity index is 961. The van der Waals surface area contributed by atoms with Gasteiger partial charge in [-0.2, -0.15) is 0 Å². The largest absolute Gasteiger partial charge is 0.482 e. The highest BCUT2D eigenvalue weighted by atomic mass is 16.6. The van der Waals surface area contributed by atoms with Crippen LogP contribution in [0.3, 0.4) is 0 Å². The Labute approximate surface area is 190 Å². The van der Waals surface area contributed by atoms with Gasteiger partial charge in [-0.3, -0.25) is 4.79 Å². The second-order valence-corrected chi connectivity index (χ2v) is 8.09. The lowest BCUT2D eigenvalue weighted by Crippen LogP contribution is -2.38. The lowest BCUT2D eigenvalue weighted by molar-refractivity contribution is -0.152. The van der Waals surface area contributed by atoms with E-state index in [1.165, 1.54) is 13.8 Å². The molecule has 0 fully saturated rings. The number of rotatable bonds is 10. The summed E-state index contributed by atoms with van der Waals surface area (Å²) in [6, 6.07) is 15.0. The number of carbonyl (C=O) groups is 2. The number of likely N-dealkylation sites (N-methyl/N-ethyl adjacent to an activating group) is 1. The third-order valence-corrected chi connectivity index (χ3v) is 5.27. The van der Waals surface area contributed by atoms with Gasteiger partial charge in [0.2, 0.25) is 5.91 Å². The van der Waals surface area contributed by atoms with Gasteiger partial charge < -0.3 is 19.5 Å². The highest BCUT2D eigenvalue weighted by molar-refractivity contribution is 5.95. The first-order valence-electron chi connectivity index (χ1n) is 10.8. The van der Waals surface area contributed by atoms with Crippen molar-refractivity contribution in [3.63, 3.8) is 0 Å². The minimum atomic E-state index is -1.46. The molecule has 1 unspecified atom stereocenters. The molecule has 1 atom stereocenters. The van der Waals surface area contributed by atoms with Crippen molar-refractivity contribution in [2.24, 2.45) is 0 Å². The molecule has 6 heteroatoms. The molecule has 1 N–H and O–H groups in total. The number of benzene rings is 2. The quantitative estimate of drug-likeness (QED) is 0.506. The van der Waals surface area contributed by atoms with Crippen molar-refractivity contribution in [2.75, 3.05) is 13.1 Å². The standard InChI is InChI=1S/C26H33NO5/c1-7-27(8-2)24(28)16-18(3)21-14-15-22(23(17-21)32-26(5,6)25(29)30)31-19(4)20-12-10-9-11-13-20/h9-17,19H,7-8H2,1-6H3,(H,29,30)/b18-16+. The van der Waals surface area contributed by atoms with Gasteiger partial charge in [-0.1, -0.05) is 36.4 Å². The zero-order chi connectivity index (χ0) is 23.9. The van der Waals surface area contributed by atoms with Crippen LogP contribution in [-0.2, 0) is 9.59 Å². The second-order valence-electron chi connectivity index (χ2n) is 8.09. The van der Waals surface area contributed by atoms with E-state index in [1.807, 2.05) is 64.1 Å². The van der Waals surface area contributed by atoms with Crippen LogP contribution in [0.5, 0.6) is 11.5 Å². The Morgan fingerprint density at radius 1 is 1.06 bits per heavy atom. The van der Waals surface area contributed by atoms with Crippen molar-refractivity contribution in [1.29, 1.82) is 0 Å². The van der Waals surface area contributed by atoms with E-state index >= 15 is 0 Å². The van der Waals surface area contributed by atoms with E-state index in [-0.39, 0.29) is 12.0 Å². The maximum atomic E-state index is 12.5. The van der Waals surface area contributed by atoms with E-state index in [0.717, 1.165) is 16.7 Å². The lowest BCUT2D eigenvalue weighted by Gasteiger charge is -2.25. The summed E-state index contributed by atoms with van der Waals surface area (Å²) < 4.78 is 12.0. The zero-order valence-electron chi connectivity index (χ0n) is 19.7. The van der Waals surface area contributed by atoms with E-state index in [1.54, 1.807) is 23.1 Å². The third-order valence-electron chi connectivity index (χ3n) is 5.27. The van der Waals surface area contributed by atoms with Gasteiger partial charge in [-0.15, -0.1) is 0 Å². The molecule has 32 heavy (non-hydrogen) atoms. The summed E-state index contributed by atoms with van der Waals surface area (Å²) in [6.07, 6.45) is 1.32. The molecule has 0 radical (unpaired) electrons. The van der Waals surface area contributed by atoms with E-state index in [4.69, 9.17) is 9.47 Å². The fraction of sp³-hybridized carbons (Fsp3) is 0.385. The van der Waals surface area contributed by atoms with Gasteiger partial charge in [-0.05, 0) is 70.4 Å². The first-order chi connectivity index (χ1) is 15.1. The molecule has 1 amide bonds. The van der Waals surface area contributed by atoms with E-state index < -0.39 is 11.6 Å². The van der Waals surface area contributed by atoms with E-state index in [9.17, 15) is 14.7 Å². The monoisotopic (exact) mass is 439 g/mol. The number of allylic oxidation sites excluding steroid dienone is 1. The number of hydrogen-bond donors (Lipinski definition) is 1. The third kappa shape index (κ3) is 6.36. The molecule has 2 aromatic rings. The van der Waals surface area contributed by atoms with Gasteiger partial charge in [0.05, 0.1) is 0 Å². The normalized spacial score (nSPS) is 12.8. The number of carbonyl (C=O) groups excluding carboxylic acids is 1. The summed E-state index contributed by atoms with van der Waals surface area (Å²) in [5.74, 6) is -0.421. The second kappa shape index (κ2) is 10.8. The van der Waals surface area contributed by atoms with E-state index in [2.05, 4.69) is 0 Å². The number of amides is 1. The minimum absolute atomic E-state index is 0.0705. The molecular formula is C26H33NO5. The van der Waals surface area contributed by atoms with Gasteiger partial charge in [0.25, 0.3) is 0 Å². The van der Waals surface area contributed by atoms with Crippen molar-refractivity contribution in [1.82, 2.24) is 4.90 Å². The molecule has 6 nitrogen and oxygen atoms in total. The number of ether oxygens (including phenoxy) is 2. The highest BCUT2D eigenvalue weighted by Crippen LogP contribution is 2.36. The summed E-state index contributed by atoms with van der Waals surface area (Å²) in [5.41, 5.74) is 1.03. The van der Waals surface area contributed by atoms with E-state index in [0.29, 0.717) is 24.6 Å². The van der Waals surface area contributed by atoms with Crippen LogP contribution >= 0.6 is 0 Å². The van der Waals surface area contributed by atoms with Crippen LogP contribution < -0.4 is 9.47 Å². The summed E-state index contributed by atoms with van der Waals surface area (Å²) in [7, 11) is 0. The van der Waals surface area contributed by atoms with Gasteiger partial charge in [0.1, 0.15) is 6.10 Å². The Balaban J connectivity index is 2.42. The van der Waals surface area contributed by atoms with Crippen molar-refractivity contribution >= 4 is 17.4 Å². The first kappa shape index (κ1) is 25.0. The molecule has 0 aliphatic heterocycles. The van der Waals surface area contributed by atoms with Gasteiger partial charge in [0.15, 0.2) is 17.1 Å². The van der Waals surface area contributed by atoms with Crippen LogP contribution in [0.4, 0.5) is 0 Å². The molecule has 0 saturated heterocycles. The van der Waals surface area contributed by atoms with Crippen LogP contribution in [0.2, 0.25) is 0 Å². The highest BCUT2D eigenvalue weighted by Gasteiger charge is 2.31. The molecular weight excluding hydrogens is 406 g/mol. The minimum Gasteiger partial charge on any atom is -0.482 e. The molecule has 0 spiro atoms. The van der Waals surface area contributed by atoms with Crippen LogP contribution in [0.15, 0.2) is 54.6 Å². The molecule has 0 aromatic heterocycles. The predicted molar refractivity (Wildman–Crippen MR) is 126 cm³/mol. The number of nitrogens with zero attached hydrogens (tertiary/aromatic N) is 1. The maximum Gasteiger partial charge on any atom is 0.347 e. The van der Waals surface area contributed by atoms with Crippen LogP contribution in [0.1, 0.15) is 58.8 Å². The molecule has 0 aliphatic carbocycles. The molecule has 0 bridgehead atoms. The van der Waals surface area contributed by atoms with Crippen LogP contribution in [0.25, 0.3) is 5.57 Å². The summed E-state index contributed by atoms with van der Waals surface area (Å²) in [6.45, 7) is 11.9. The van der Waals surface area contributed by atoms with Gasteiger partial charge >= 0.3 is 5.97 Å². The molecule has 172 valence electrons. The Morgan fingerprint density at radius 2 is 1.69 bits per heavy atom. The predicted octanol–water partition coefficient (Wildman–Crippen LogP) is 5.34. The number of aliphatic carboxylic acids is 1. The Morgan fingerprint density at radius 3 is 2.25 bits per heavy atom. The van der Waals surface area contributed by atoms with Crippen LogP contribution in [-0.4, -0.2) is 40.6 Å². The summed E-state index contributed by atoms with van der Waals surface area (Å²) in [4.78, 5) is 25.9. The molecule has 0 heterocycles. The Hall–Kier alpha value is -3.28. The average Bonchev–Trinajstić information content (AvgIpc) is 2.76. The SMILES string of the molecule is CCN(CC)C(=O)/C=C(\C)c1ccc(OC(C)c2ccccc2)c(OC(C)(C)C(=O)O)c1. The molecule has 2 rings (SSSR count). The molecule has 2 aromatic carbocycles. The van der Waals surface area contributed by atoms with Crippen molar-refractivity contribution in [3.05, 3.63) is 65.7 Å². The molecule has 0 saturated carbocycles. The fourth-order valence-corrected chi connectivity index (χ4v) is 3.13. The number of hydrogen-bond acceptors (Lipinski definition) is 4. The van der Waals surface area contributed by atoms with Gasteiger partial charge in [-0.25, -0.2) is 4.79 Å². The summed E-state index contributed by atoms with van der Waals surface area (Å²) in [5, 5.41) is 9.54. The van der Waals surface area contributed by atoms with Gasteiger partial charge in [0, 0.05) is 19.2 Å². The fourth-order valence-electron chi connectivity index (χ4n) is 3.13. The first-order valence-corrected chi connectivity index (χ1v) is 10.8. The van der Waals surface area contributed by atoms with Crippen molar-refractivity contribution < 1.29 is 24.2 Å². The zero-order valence-corrected chi connectivity index (χ0v) is 19.7. The Kier molecular flexibility index (Phi) is 8.47. The average molecular weight is 440 g/mol. The molecule has 0 aliphatic rings. The van der Waals surface area contributed by atoms with Crippen molar-refractivity contribution in [3.8, 4) is 11.5 Å². The van der Waals surface area contributed by atoms with Crippen LogP contribution in [0, 0.1) is 0 Å². The number of carboxylic acid groups (broad SMARTS) is 1. The topological polar surface area (TPSA) is 76.1 Å². The lowest BCUT2D eigenvalue weighted by atomic mass is 10.0. The summed E-state index contributed by atoms with van der Waals surface area (Å²) >= 11 is 0. The smallest absolute Gasteiger partial charge is 0.347 e.